The van der Waals surface area contributed by atoms with Crippen molar-refractivity contribution in [2.24, 2.45) is 0 Å². The number of halogens is 3. The van der Waals surface area contributed by atoms with E-state index in [1.165, 1.54) is 18.2 Å². The van der Waals surface area contributed by atoms with Gasteiger partial charge in [-0.1, -0.05) is 29.3 Å². The van der Waals surface area contributed by atoms with Gasteiger partial charge >= 0.3 is 0 Å². The van der Waals surface area contributed by atoms with Crippen LogP contribution in [0.4, 0.5) is 0 Å². The second kappa shape index (κ2) is 5.51. The number of nitrogens with one attached hydrogen (secondary N) is 1. The molecule has 1 rings (SSSR count). The first-order valence-corrected chi connectivity index (χ1v) is 7.17. The topological polar surface area (TPSA) is 46.2 Å². The van der Waals surface area contributed by atoms with Crippen LogP contribution in [0, 0.1) is 0 Å². The molecule has 1 N–H and O–H groups in total. The second-order valence-electron chi connectivity index (χ2n) is 2.84. The van der Waals surface area contributed by atoms with E-state index < -0.39 is 10.0 Å². The van der Waals surface area contributed by atoms with Crippen LogP contribution in [0.25, 0.3) is 0 Å². The molecule has 16 heavy (non-hydrogen) atoms. The average molecular weight is 345 g/mol. The van der Waals surface area contributed by atoms with Crippen LogP contribution in [0.5, 0.6) is 0 Å². The lowest BCUT2D eigenvalue weighted by atomic mass is 10.4. The minimum Gasteiger partial charge on any atom is -0.207 e. The Bertz CT molecular complexity index is 516. The Balaban J connectivity index is 3.23. The first-order chi connectivity index (χ1) is 7.38. The molecular formula is C9H8BrCl2NO2S. The minimum atomic E-state index is -3.60. The predicted molar refractivity (Wildman–Crippen MR) is 69.5 cm³/mol. The van der Waals surface area contributed by atoms with Gasteiger partial charge in [0.1, 0.15) is 0 Å². The van der Waals surface area contributed by atoms with Crippen molar-refractivity contribution in [1.29, 1.82) is 0 Å². The lowest BCUT2D eigenvalue weighted by Gasteiger charge is -2.08. The van der Waals surface area contributed by atoms with Crippen molar-refractivity contribution in [1.82, 2.24) is 4.72 Å². The number of benzene rings is 1. The van der Waals surface area contributed by atoms with Crippen LogP contribution >= 0.6 is 39.1 Å². The van der Waals surface area contributed by atoms with E-state index in [2.05, 4.69) is 27.2 Å². The van der Waals surface area contributed by atoms with Gasteiger partial charge in [-0.3, -0.25) is 0 Å². The standard InChI is InChI=1S/C9H8BrCl2NO2S/c1-2-3-13-16(14,15)9-5-8(12)7(11)4-6(9)10/h2,4-5,13H,1,3H2. The summed E-state index contributed by atoms with van der Waals surface area (Å²) in [4.78, 5) is 0.0451. The summed E-state index contributed by atoms with van der Waals surface area (Å²) in [6.07, 6.45) is 1.45. The Labute approximate surface area is 113 Å². The molecule has 0 radical (unpaired) electrons. The summed E-state index contributed by atoms with van der Waals surface area (Å²) in [5.41, 5.74) is 0. The maximum atomic E-state index is 11.8. The molecule has 1 aromatic rings. The summed E-state index contributed by atoms with van der Waals surface area (Å²) >= 11 is 14.6. The van der Waals surface area contributed by atoms with Crippen LogP contribution in [0.1, 0.15) is 0 Å². The third kappa shape index (κ3) is 3.21. The largest absolute Gasteiger partial charge is 0.242 e. The van der Waals surface area contributed by atoms with Gasteiger partial charge in [-0.2, -0.15) is 0 Å². The molecule has 0 aromatic heterocycles. The molecule has 0 aliphatic heterocycles. The van der Waals surface area contributed by atoms with E-state index in [1.807, 2.05) is 0 Å². The van der Waals surface area contributed by atoms with Crippen LogP contribution in [-0.2, 0) is 10.0 Å². The molecule has 0 bridgehead atoms. The Morgan fingerprint density at radius 1 is 1.38 bits per heavy atom. The Morgan fingerprint density at radius 2 is 1.94 bits per heavy atom. The first kappa shape index (κ1) is 14.0. The highest BCUT2D eigenvalue weighted by Crippen LogP contribution is 2.31. The van der Waals surface area contributed by atoms with Gasteiger partial charge in [-0.15, -0.1) is 6.58 Å². The monoisotopic (exact) mass is 343 g/mol. The minimum absolute atomic E-state index is 0.0451. The SMILES string of the molecule is C=CCNS(=O)(=O)c1cc(Cl)c(Cl)cc1Br. The van der Waals surface area contributed by atoms with Crippen LogP contribution in [-0.4, -0.2) is 15.0 Å². The molecule has 0 saturated heterocycles. The molecule has 0 aliphatic carbocycles. The molecule has 3 nitrogen and oxygen atoms in total. The molecule has 0 spiro atoms. The molecule has 7 heteroatoms. The van der Waals surface area contributed by atoms with Gasteiger partial charge in [0.15, 0.2) is 0 Å². The number of hydrogen-bond donors (Lipinski definition) is 1. The summed E-state index contributed by atoms with van der Waals surface area (Å²) in [6.45, 7) is 3.57. The second-order valence-corrected chi connectivity index (χ2v) is 6.24. The van der Waals surface area contributed by atoms with Crippen molar-refractivity contribution < 1.29 is 8.42 Å². The van der Waals surface area contributed by atoms with Crippen molar-refractivity contribution in [3.63, 3.8) is 0 Å². The maximum Gasteiger partial charge on any atom is 0.242 e. The van der Waals surface area contributed by atoms with Crippen LogP contribution in [0.15, 0.2) is 34.2 Å². The molecule has 0 atom stereocenters. The van der Waals surface area contributed by atoms with E-state index in [0.29, 0.717) is 4.47 Å². The highest BCUT2D eigenvalue weighted by atomic mass is 79.9. The highest BCUT2D eigenvalue weighted by molar-refractivity contribution is 9.10. The quantitative estimate of drug-likeness (QED) is 0.673. The van der Waals surface area contributed by atoms with Crippen LogP contribution < -0.4 is 4.72 Å². The van der Waals surface area contributed by atoms with Gasteiger partial charge < -0.3 is 0 Å². The molecule has 1 aromatic carbocycles. The third-order valence-electron chi connectivity index (χ3n) is 1.68. The van der Waals surface area contributed by atoms with E-state index in [-0.39, 0.29) is 21.5 Å². The summed E-state index contributed by atoms with van der Waals surface area (Å²) in [5, 5.41) is 0.472. The zero-order valence-electron chi connectivity index (χ0n) is 8.00. The van der Waals surface area contributed by atoms with Crippen molar-refractivity contribution in [3.8, 4) is 0 Å². The van der Waals surface area contributed by atoms with E-state index in [4.69, 9.17) is 23.2 Å². The maximum absolute atomic E-state index is 11.8. The molecule has 0 fully saturated rings. The van der Waals surface area contributed by atoms with E-state index in [9.17, 15) is 8.42 Å². The fourth-order valence-electron chi connectivity index (χ4n) is 0.957. The van der Waals surface area contributed by atoms with Crippen molar-refractivity contribution in [2.75, 3.05) is 6.54 Å². The van der Waals surface area contributed by atoms with Gasteiger partial charge in [0.2, 0.25) is 10.0 Å². The molecule has 0 amide bonds. The van der Waals surface area contributed by atoms with Crippen LogP contribution in [0.3, 0.4) is 0 Å². The van der Waals surface area contributed by atoms with Crippen LogP contribution in [0.2, 0.25) is 10.0 Å². The number of rotatable bonds is 4. The van der Waals surface area contributed by atoms with Gasteiger partial charge in [0.05, 0.1) is 14.9 Å². The Kier molecular flexibility index (Phi) is 4.82. The van der Waals surface area contributed by atoms with Crippen molar-refractivity contribution in [3.05, 3.63) is 39.3 Å². The number of sulfonamides is 1. The molecular weight excluding hydrogens is 337 g/mol. The summed E-state index contributed by atoms with van der Waals surface area (Å²) in [7, 11) is -3.60. The zero-order chi connectivity index (χ0) is 12.3. The summed E-state index contributed by atoms with van der Waals surface area (Å²) in [6, 6.07) is 2.73. The van der Waals surface area contributed by atoms with E-state index in [0.717, 1.165) is 0 Å². The number of hydrogen-bond acceptors (Lipinski definition) is 2. The van der Waals surface area contributed by atoms with Gasteiger partial charge in [0, 0.05) is 11.0 Å². The summed E-state index contributed by atoms with van der Waals surface area (Å²) < 4.78 is 26.3. The lowest BCUT2D eigenvalue weighted by molar-refractivity contribution is 0.585. The van der Waals surface area contributed by atoms with Gasteiger partial charge in [-0.25, -0.2) is 13.1 Å². The smallest absolute Gasteiger partial charge is 0.207 e. The fourth-order valence-corrected chi connectivity index (χ4v) is 3.54. The van der Waals surface area contributed by atoms with Crippen molar-refractivity contribution >= 4 is 49.2 Å². The first-order valence-electron chi connectivity index (χ1n) is 4.13. The lowest BCUT2D eigenvalue weighted by Crippen LogP contribution is -2.24. The normalized spacial score (nSPS) is 11.4. The van der Waals surface area contributed by atoms with Crippen molar-refractivity contribution in [2.45, 2.75) is 4.90 Å². The third-order valence-corrected chi connectivity index (χ3v) is 4.79. The molecule has 0 unspecified atom stereocenters. The predicted octanol–water partition coefficient (Wildman–Crippen LogP) is 3.22. The van der Waals surface area contributed by atoms with Gasteiger partial charge in [0.25, 0.3) is 0 Å². The fraction of sp³-hybridized carbons (Fsp3) is 0.111. The zero-order valence-corrected chi connectivity index (χ0v) is 11.9. The highest BCUT2D eigenvalue weighted by Gasteiger charge is 2.18. The molecule has 88 valence electrons. The average Bonchev–Trinajstić information content (AvgIpc) is 2.20. The Morgan fingerprint density at radius 3 is 2.50 bits per heavy atom. The molecule has 0 saturated carbocycles. The molecule has 0 aliphatic rings. The van der Waals surface area contributed by atoms with E-state index in [1.54, 1.807) is 0 Å². The summed E-state index contributed by atoms with van der Waals surface area (Å²) in [5.74, 6) is 0. The van der Waals surface area contributed by atoms with Gasteiger partial charge in [-0.05, 0) is 28.1 Å². The van der Waals surface area contributed by atoms with E-state index >= 15 is 0 Å². The molecule has 0 heterocycles. The Hall–Kier alpha value is -0.0700.